The second-order valence-corrected chi connectivity index (χ2v) is 9.64. The second-order valence-electron chi connectivity index (χ2n) is 9.64. The minimum atomic E-state index is -0.415. The maximum atomic E-state index is 14.1. The van der Waals surface area contributed by atoms with Crippen LogP contribution in [0.25, 0.3) is 33.0 Å². The molecule has 4 aromatic rings. The Kier molecular flexibility index (Phi) is 8.43. The number of carbonyl (C=O) groups is 3. The van der Waals surface area contributed by atoms with E-state index in [9.17, 15) is 14.4 Å². The van der Waals surface area contributed by atoms with Crippen molar-refractivity contribution in [3.63, 3.8) is 0 Å². The molecule has 2 aromatic heterocycles. The molecule has 3 amide bonds. The lowest BCUT2D eigenvalue weighted by atomic mass is 9.91. The number of nitrogens with zero attached hydrogens (tertiary/aromatic N) is 1. The van der Waals surface area contributed by atoms with Crippen LogP contribution in [0.3, 0.4) is 0 Å². The quantitative estimate of drug-likeness (QED) is 0.0681. The number of allylic oxidation sites excluding steroid dienone is 1. The summed E-state index contributed by atoms with van der Waals surface area (Å²) in [5, 5.41) is 10.6. The van der Waals surface area contributed by atoms with Crippen molar-refractivity contribution < 1.29 is 19.6 Å². The number of unbranched alkanes of at least 4 members (excludes halogenated alkanes) is 3. The Morgan fingerprint density at radius 3 is 2.03 bits per heavy atom. The van der Waals surface area contributed by atoms with Crippen LogP contribution < -0.4 is 5.48 Å². The van der Waals surface area contributed by atoms with Crippen molar-refractivity contribution in [1.82, 2.24) is 20.3 Å². The van der Waals surface area contributed by atoms with E-state index in [0.29, 0.717) is 24.8 Å². The lowest BCUT2D eigenvalue weighted by Crippen LogP contribution is -2.32. The molecule has 8 heteroatoms. The maximum absolute atomic E-state index is 14.1. The van der Waals surface area contributed by atoms with Crippen molar-refractivity contribution in [3.8, 4) is 0 Å². The number of aromatic nitrogens is 2. The number of aromatic amines is 2. The molecule has 0 fully saturated rings. The Balaban J connectivity index is 1.73. The number of imide groups is 1. The fraction of sp³-hybridized carbons (Fsp3) is 0.300. The van der Waals surface area contributed by atoms with Crippen LogP contribution in [-0.4, -0.2) is 44.8 Å². The molecule has 0 saturated heterocycles. The molecule has 4 N–H and O–H groups in total. The summed E-state index contributed by atoms with van der Waals surface area (Å²) in [6, 6.07) is 15.9. The zero-order chi connectivity index (χ0) is 27.2. The summed E-state index contributed by atoms with van der Waals surface area (Å²) in [4.78, 5) is 45.6. The van der Waals surface area contributed by atoms with Crippen molar-refractivity contribution in [3.05, 3.63) is 71.0 Å². The SMILES string of the molecule is C/C(=C(\C(=O)N(C=O)CCCCCCC(=O)NO)c1c(C)[nH]c2ccccc12)c1c(C)[nH]c2ccccc12. The molecule has 38 heavy (non-hydrogen) atoms. The average Bonchev–Trinajstić information content (AvgIpc) is 3.43. The van der Waals surface area contributed by atoms with Crippen LogP contribution in [0, 0.1) is 13.8 Å². The summed E-state index contributed by atoms with van der Waals surface area (Å²) in [5.41, 5.74) is 8.43. The molecule has 0 aliphatic heterocycles. The van der Waals surface area contributed by atoms with Crippen LogP contribution in [0.1, 0.15) is 61.5 Å². The van der Waals surface area contributed by atoms with Crippen molar-refractivity contribution in [1.29, 1.82) is 0 Å². The average molecular weight is 515 g/mol. The second kappa shape index (κ2) is 11.9. The Labute approximate surface area is 221 Å². The molecule has 0 atom stereocenters. The van der Waals surface area contributed by atoms with Gasteiger partial charge in [0.15, 0.2) is 0 Å². The van der Waals surface area contributed by atoms with Gasteiger partial charge in [-0.15, -0.1) is 0 Å². The van der Waals surface area contributed by atoms with E-state index in [1.807, 2.05) is 69.3 Å². The predicted octanol–water partition coefficient (Wildman–Crippen LogP) is 5.64. The third-order valence-corrected chi connectivity index (χ3v) is 7.07. The summed E-state index contributed by atoms with van der Waals surface area (Å²) in [7, 11) is 0. The number of aryl methyl sites for hydroxylation is 2. The zero-order valence-corrected chi connectivity index (χ0v) is 22.1. The van der Waals surface area contributed by atoms with E-state index in [4.69, 9.17) is 5.21 Å². The van der Waals surface area contributed by atoms with Gasteiger partial charge in [0.1, 0.15) is 0 Å². The van der Waals surface area contributed by atoms with Gasteiger partial charge in [-0.3, -0.25) is 24.5 Å². The Morgan fingerprint density at radius 2 is 1.42 bits per heavy atom. The van der Waals surface area contributed by atoms with Gasteiger partial charge < -0.3 is 9.97 Å². The zero-order valence-electron chi connectivity index (χ0n) is 22.1. The smallest absolute Gasteiger partial charge is 0.261 e. The van der Waals surface area contributed by atoms with Gasteiger partial charge >= 0.3 is 0 Å². The highest BCUT2D eigenvalue weighted by Crippen LogP contribution is 2.38. The van der Waals surface area contributed by atoms with Crippen molar-refractivity contribution in [2.75, 3.05) is 6.54 Å². The molecule has 0 spiro atoms. The van der Waals surface area contributed by atoms with Crippen LogP contribution in [0.4, 0.5) is 0 Å². The number of rotatable bonds is 11. The first kappa shape index (κ1) is 26.9. The van der Waals surface area contributed by atoms with Crippen LogP contribution >= 0.6 is 0 Å². The van der Waals surface area contributed by atoms with Gasteiger partial charge in [-0.25, -0.2) is 5.48 Å². The molecule has 4 rings (SSSR count). The summed E-state index contributed by atoms with van der Waals surface area (Å²) in [6.45, 7) is 6.18. The maximum Gasteiger partial charge on any atom is 0.261 e. The van der Waals surface area contributed by atoms with Crippen LogP contribution in [0.5, 0.6) is 0 Å². The molecule has 8 nitrogen and oxygen atoms in total. The first-order valence-electron chi connectivity index (χ1n) is 12.9. The number of nitrogens with one attached hydrogen (secondary N) is 3. The monoisotopic (exact) mass is 514 g/mol. The van der Waals surface area contributed by atoms with Crippen LogP contribution in [0.2, 0.25) is 0 Å². The van der Waals surface area contributed by atoms with E-state index < -0.39 is 5.91 Å². The molecular weight excluding hydrogens is 480 g/mol. The normalized spacial score (nSPS) is 12.0. The molecule has 0 aliphatic carbocycles. The van der Waals surface area contributed by atoms with Crippen molar-refractivity contribution in [2.45, 2.75) is 52.9 Å². The minimum Gasteiger partial charge on any atom is -0.358 e. The van der Waals surface area contributed by atoms with Gasteiger partial charge in [-0.1, -0.05) is 49.2 Å². The number of carbonyl (C=O) groups excluding carboxylic acids is 3. The largest absolute Gasteiger partial charge is 0.358 e. The molecule has 0 radical (unpaired) electrons. The third-order valence-electron chi connectivity index (χ3n) is 7.07. The number of hydroxylamine groups is 1. The third kappa shape index (κ3) is 5.40. The number of hydrogen-bond donors (Lipinski definition) is 4. The number of benzene rings is 2. The van der Waals surface area contributed by atoms with Crippen LogP contribution in [-0.2, 0) is 14.4 Å². The van der Waals surface area contributed by atoms with Gasteiger partial charge in [0.05, 0.1) is 5.57 Å². The fourth-order valence-electron chi connectivity index (χ4n) is 5.26. The van der Waals surface area contributed by atoms with E-state index in [-0.39, 0.29) is 18.9 Å². The highest BCUT2D eigenvalue weighted by molar-refractivity contribution is 6.32. The number of hydrogen-bond acceptors (Lipinski definition) is 4. The minimum absolute atomic E-state index is 0.239. The molecule has 2 aromatic carbocycles. The van der Waals surface area contributed by atoms with E-state index in [1.54, 1.807) is 5.48 Å². The van der Waals surface area contributed by atoms with Crippen molar-refractivity contribution in [2.24, 2.45) is 0 Å². The Bertz CT molecular complexity index is 1510. The van der Waals surface area contributed by atoms with E-state index >= 15 is 0 Å². The molecule has 2 heterocycles. The summed E-state index contributed by atoms with van der Waals surface area (Å²) < 4.78 is 0. The molecule has 0 aliphatic rings. The lowest BCUT2D eigenvalue weighted by Gasteiger charge is -2.20. The standard InChI is InChI=1S/C30H34N4O4/c1-19(27-20(2)31-24-14-9-7-12-22(24)27)28(29-21(3)32-25-15-10-8-13-23(25)29)30(37)34(18-35)17-11-5-4-6-16-26(36)33-38/h7-10,12-15,18,31-32,38H,4-6,11,16-17H2,1-3H3,(H,33,36)/b28-19+. The van der Waals surface area contributed by atoms with Crippen LogP contribution in [0.15, 0.2) is 48.5 Å². The number of H-pyrrole nitrogens is 2. The van der Waals surface area contributed by atoms with Gasteiger partial charge in [0.25, 0.3) is 5.91 Å². The van der Waals surface area contributed by atoms with E-state index in [2.05, 4.69) is 9.97 Å². The Morgan fingerprint density at radius 1 is 0.868 bits per heavy atom. The molecule has 0 bridgehead atoms. The van der Waals surface area contributed by atoms with Gasteiger partial charge in [-0.2, -0.15) is 0 Å². The molecular formula is C30H34N4O4. The Hall–Kier alpha value is -4.17. The first-order valence-corrected chi connectivity index (χ1v) is 12.9. The number of fused-ring (bicyclic) bond motifs is 2. The fourth-order valence-corrected chi connectivity index (χ4v) is 5.26. The summed E-state index contributed by atoms with van der Waals surface area (Å²) in [6.07, 6.45) is 3.61. The molecule has 198 valence electrons. The number of para-hydroxylation sites is 2. The first-order chi connectivity index (χ1) is 18.4. The number of amides is 3. The topological polar surface area (TPSA) is 118 Å². The summed E-state index contributed by atoms with van der Waals surface area (Å²) >= 11 is 0. The van der Waals surface area contributed by atoms with E-state index in [0.717, 1.165) is 62.7 Å². The van der Waals surface area contributed by atoms with Crippen molar-refractivity contribution >= 4 is 51.2 Å². The highest BCUT2D eigenvalue weighted by Gasteiger charge is 2.27. The predicted molar refractivity (Wildman–Crippen MR) is 149 cm³/mol. The van der Waals surface area contributed by atoms with Gasteiger partial charge in [0, 0.05) is 57.3 Å². The molecule has 0 unspecified atom stereocenters. The molecule has 0 saturated carbocycles. The highest BCUT2D eigenvalue weighted by atomic mass is 16.5. The van der Waals surface area contributed by atoms with Gasteiger partial charge in [-0.05, 0) is 51.3 Å². The van der Waals surface area contributed by atoms with E-state index in [1.165, 1.54) is 4.90 Å². The lowest BCUT2D eigenvalue weighted by molar-refractivity contribution is -0.133. The summed E-state index contributed by atoms with van der Waals surface area (Å²) in [5.74, 6) is -0.753. The van der Waals surface area contributed by atoms with Gasteiger partial charge in [0.2, 0.25) is 12.3 Å².